The van der Waals surface area contributed by atoms with E-state index < -0.39 is 0 Å². The Kier molecular flexibility index (Phi) is 3.39. The van der Waals surface area contributed by atoms with E-state index in [9.17, 15) is 0 Å². The normalized spacial score (nSPS) is 10.8. The summed E-state index contributed by atoms with van der Waals surface area (Å²) >= 11 is 3.47. The highest BCUT2D eigenvalue weighted by Gasteiger charge is 2.10. The Bertz CT molecular complexity index is 477. The average Bonchev–Trinajstić information content (AvgIpc) is 2.30. The van der Waals surface area contributed by atoms with Gasteiger partial charge in [-0.3, -0.25) is 4.98 Å². The molecule has 0 N–H and O–H groups in total. The number of pyridine rings is 1. The molecule has 1 heterocycles. The number of halogens is 1. The summed E-state index contributed by atoms with van der Waals surface area (Å²) in [4.78, 5) is 4.52. The van der Waals surface area contributed by atoms with Crippen LogP contribution in [0.3, 0.4) is 0 Å². The van der Waals surface area contributed by atoms with E-state index in [1.807, 2.05) is 24.4 Å². The molecule has 16 heavy (non-hydrogen) atoms. The van der Waals surface area contributed by atoms with E-state index >= 15 is 0 Å². The van der Waals surface area contributed by atoms with E-state index in [0.29, 0.717) is 5.92 Å². The van der Waals surface area contributed by atoms with E-state index in [1.165, 1.54) is 11.1 Å². The number of nitrogens with zero attached hydrogens (tertiary/aromatic N) is 1. The molecule has 0 aliphatic carbocycles. The van der Waals surface area contributed by atoms with Gasteiger partial charge in [-0.05, 0) is 33.5 Å². The van der Waals surface area contributed by atoms with Gasteiger partial charge >= 0.3 is 0 Å². The van der Waals surface area contributed by atoms with Gasteiger partial charge in [-0.1, -0.05) is 44.2 Å². The summed E-state index contributed by atoms with van der Waals surface area (Å²) in [5.41, 5.74) is 3.54. The van der Waals surface area contributed by atoms with E-state index in [4.69, 9.17) is 0 Å². The van der Waals surface area contributed by atoms with Gasteiger partial charge in [-0.25, -0.2) is 0 Å². The molecule has 2 aromatic rings. The minimum atomic E-state index is 0.472. The first-order chi connectivity index (χ1) is 7.68. The zero-order valence-corrected chi connectivity index (χ0v) is 11.0. The molecule has 0 radical (unpaired) electrons. The molecule has 0 unspecified atom stereocenters. The van der Waals surface area contributed by atoms with Gasteiger partial charge in [0.1, 0.15) is 0 Å². The van der Waals surface area contributed by atoms with Crippen LogP contribution in [0.4, 0.5) is 0 Å². The van der Waals surface area contributed by atoms with Crippen LogP contribution in [0.2, 0.25) is 0 Å². The fourth-order valence-electron chi connectivity index (χ4n) is 1.73. The van der Waals surface area contributed by atoms with Crippen LogP contribution in [0.5, 0.6) is 0 Å². The zero-order chi connectivity index (χ0) is 11.5. The first kappa shape index (κ1) is 11.3. The van der Waals surface area contributed by atoms with Crippen LogP contribution >= 0.6 is 15.9 Å². The Balaban J connectivity index is 2.57. The van der Waals surface area contributed by atoms with Crippen molar-refractivity contribution >= 4 is 15.9 Å². The first-order valence-corrected chi connectivity index (χ1v) is 6.18. The van der Waals surface area contributed by atoms with Gasteiger partial charge in [-0.2, -0.15) is 0 Å². The van der Waals surface area contributed by atoms with Crippen molar-refractivity contribution in [3.05, 3.63) is 52.6 Å². The molecule has 0 saturated carbocycles. The summed E-state index contributed by atoms with van der Waals surface area (Å²) in [6.45, 7) is 4.38. The van der Waals surface area contributed by atoms with Gasteiger partial charge in [0.15, 0.2) is 0 Å². The predicted molar refractivity (Wildman–Crippen MR) is 71.5 cm³/mol. The molecular formula is C14H14BrN. The molecule has 0 saturated heterocycles. The van der Waals surface area contributed by atoms with Crippen LogP contribution in [0.1, 0.15) is 25.3 Å². The molecule has 2 rings (SSSR count). The molecule has 82 valence electrons. The van der Waals surface area contributed by atoms with Crippen molar-refractivity contribution in [3.8, 4) is 11.3 Å². The minimum absolute atomic E-state index is 0.472. The maximum absolute atomic E-state index is 4.52. The average molecular weight is 276 g/mol. The highest BCUT2D eigenvalue weighted by atomic mass is 79.9. The van der Waals surface area contributed by atoms with Crippen LogP contribution in [-0.4, -0.2) is 4.98 Å². The van der Waals surface area contributed by atoms with E-state index in [1.54, 1.807) is 0 Å². The van der Waals surface area contributed by atoms with Crippen LogP contribution in [0.15, 0.2) is 47.1 Å². The maximum atomic E-state index is 4.52. The van der Waals surface area contributed by atoms with Gasteiger partial charge in [0.25, 0.3) is 0 Å². The van der Waals surface area contributed by atoms with Gasteiger partial charge in [0.05, 0.1) is 5.69 Å². The standard InChI is InChI=1S/C14H14BrN/c1-10(2)13-8-12(15)9-16-14(13)11-6-4-3-5-7-11/h3-10H,1-2H3. The fourth-order valence-corrected chi connectivity index (χ4v) is 2.08. The summed E-state index contributed by atoms with van der Waals surface area (Å²) in [5, 5.41) is 0. The van der Waals surface area contributed by atoms with Crippen molar-refractivity contribution in [1.82, 2.24) is 4.98 Å². The summed E-state index contributed by atoms with van der Waals surface area (Å²) in [6.07, 6.45) is 1.86. The van der Waals surface area contributed by atoms with Crippen molar-refractivity contribution in [2.75, 3.05) is 0 Å². The summed E-state index contributed by atoms with van der Waals surface area (Å²) in [5.74, 6) is 0.472. The molecule has 0 bridgehead atoms. The number of hydrogen-bond donors (Lipinski definition) is 0. The lowest BCUT2D eigenvalue weighted by molar-refractivity contribution is 0.860. The largest absolute Gasteiger partial charge is 0.255 e. The molecular weight excluding hydrogens is 262 g/mol. The molecule has 2 heteroatoms. The lowest BCUT2D eigenvalue weighted by Crippen LogP contribution is -1.95. The monoisotopic (exact) mass is 275 g/mol. The second kappa shape index (κ2) is 4.79. The third kappa shape index (κ3) is 2.33. The topological polar surface area (TPSA) is 12.9 Å². The van der Waals surface area contributed by atoms with Crippen LogP contribution < -0.4 is 0 Å². The van der Waals surface area contributed by atoms with Crippen LogP contribution in [-0.2, 0) is 0 Å². The molecule has 0 aliphatic rings. The molecule has 0 aliphatic heterocycles. The quantitative estimate of drug-likeness (QED) is 0.779. The Morgan fingerprint density at radius 3 is 2.44 bits per heavy atom. The second-order valence-electron chi connectivity index (χ2n) is 4.11. The van der Waals surface area contributed by atoms with Gasteiger partial charge in [0, 0.05) is 16.2 Å². The van der Waals surface area contributed by atoms with Crippen LogP contribution in [0.25, 0.3) is 11.3 Å². The summed E-state index contributed by atoms with van der Waals surface area (Å²) in [7, 11) is 0. The van der Waals surface area contributed by atoms with Crippen molar-refractivity contribution in [2.45, 2.75) is 19.8 Å². The predicted octanol–water partition coefficient (Wildman–Crippen LogP) is 4.63. The Labute approximate surface area is 105 Å². The SMILES string of the molecule is CC(C)c1cc(Br)cnc1-c1ccccc1. The molecule has 1 aromatic heterocycles. The van der Waals surface area contributed by atoms with Crippen molar-refractivity contribution in [2.24, 2.45) is 0 Å². The van der Waals surface area contributed by atoms with Gasteiger partial charge in [0.2, 0.25) is 0 Å². The van der Waals surface area contributed by atoms with Crippen molar-refractivity contribution in [1.29, 1.82) is 0 Å². The zero-order valence-electron chi connectivity index (χ0n) is 9.44. The van der Waals surface area contributed by atoms with E-state index in [2.05, 4.69) is 53.0 Å². The third-order valence-electron chi connectivity index (χ3n) is 2.55. The maximum Gasteiger partial charge on any atom is 0.0737 e. The molecule has 0 spiro atoms. The molecule has 0 atom stereocenters. The van der Waals surface area contributed by atoms with E-state index in [-0.39, 0.29) is 0 Å². The van der Waals surface area contributed by atoms with Gasteiger partial charge < -0.3 is 0 Å². The number of aromatic nitrogens is 1. The smallest absolute Gasteiger partial charge is 0.0737 e. The highest BCUT2D eigenvalue weighted by molar-refractivity contribution is 9.10. The first-order valence-electron chi connectivity index (χ1n) is 5.39. The lowest BCUT2D eigenvalue weighted by atomic mass is 9.97. The minimum Gasteiger partial charge on any atom is -0.255 e. The molecule has 0 fully saturated rings. The van der Waals surface area contributed by atoms with Gasteiger partial charge in [-0.15, -0.1) is 0 Å². The number of benzene rings is 1. The van der Waals surface area contributed by atoms with E-state index in [0.717, 1.165) is 10.2 Å². The number of rotatable bonds is 2. The summed E-state index contributed by atoms with van der Waals surface area (Å²) < 4.78 is 1.04. The molecule has 1 aromatic carbocycles. The highest BCUT2D eigenvalue weighted by Crippen LogP contribution is 2.29. The summed E-state index contributed by atoms with van der Waals surface area (Å²) in [6, 6.07) is 12.5. The Morgan fingerprint density at radius 2 is 1.81 bits per heavy atom. The van der Waals surface area contributed by atoms with Crippen molar-refractivity contribution in [3.63, 3.8) is 0 Å². The van der Waals surface area contributed by atoms with Crippen LogP contribution in [0, 0.1) is 0 Å². The lowest BCUT2D eigenvalue weighted by Gasteiger charge is -2.12. The molecule has 0 amide bonds. The van der Waals surface area contributed by atoms with Crippen molar-refractivity contribution < 1.29 is 0 Å². The fraction of sp³-hybridized carbons (Fsp3) is 0.214. The molecule has 1 nitrogen and oxygen atoms in total. The second-order valence-corrected chi connectivity index (χ2v) is 5.03. The Morgan fingerprint density at radius 1 is 1.12 bits per heavy atom. The number of hydrogen-bond acceptors (Lipinski definition) is 1. The Hall–Kier alpha value is -1.15. The third-order valence-corrected chi connectivity index (χ3v) is 2.99.